The van der Waals surface area contributed by atoms with Crippen LogP contribution >= 0.6 is 0 Å². The monoisotopic (exact) mass is 326 g/mol. The Balaban J connectivity index is 1.52. The second-order valence-electron chi connectivity index (χ2n) is 6.05. The number of rotatable bonds is 4. The standard InChI is InChI=1S/C17H19FN6/c1-12-13(10-24(22-12)16-7-3-2-5-14(16)18)9-19-15-6-4-8-23-17(15)20-11-21-23/h2-3,5,7,10-11,15,19H,4,6,8-9H2,1H3/t15-/m1/s1. The molecule has 0 unspecified atom stereocenters. The van der Waals surface area contributed by atoms with Crippen molar-refractivity contribution in [3.63, 3.8) is 0 Å². The molecule has 2 aromatic heterocycles. The Morgan fingerprint density at radius 1 is 1.33 bits per heavy atom. The van der Waals surface area contributed by atoms with Crippen LogP contribution in [0.25, 0.3) is 5.69 Å². The van der Waals surface area contributed by atoms with Gasteiger partial charge in [-0.2, -0.15) is 10.2 Å². The van der Waals surface area contributed by atoms with Crippen molar-refractivity contribution >= 4 is 0 Å². The molecule has 0 saturated carbocycles. The van der Waals surface area contributed by atoms with Crippen LogP contribution in [0.4, 0.5) is 4.39 Å². The molecule has 1 aliphatic heterocycles. The van der Waals surface area contributed by atoms with Gasteiger partial charge in [0.1, 0.15) is 23.7 Å². The Morgan fingerprint density at radius 2 is 2.21 bits per heavy atom. The van der Waals surface area contributed by atoms with Gasteiger partial charge in [0.15, 0.2) is 0 Å². The Morgan fingerprint density at radius 3 is 3.08 bits per heavy atom. The van der Waals surface area contributed by atoms with E-state index in [1.807, 2.05) is 23.9 Å². The third-order valence-electron chi connectivity index (χ3n) is 4.46. The van der Waals surface area contributed by atoms with Crippen molar-refractivity contribution in [1.82, 2.24) is 29.9 Å². The van der Waals surface area contributed by atoms with Crippen molar-refractivity contribution in [2.24, 2.45) is 0 Å². The molecule has 0 aliphatic carbocycles. The molecule has 1 atom stereocenters. The van der Waals surface area contributed by atoms with E-state index in [1.54, 1.807) is 23.1 Å². The average Bonchev–Trinajstić information content (AvgIpc) is 3.20. The molecule has 0 saturated heterocycles. The van der Waals surface area contributed by atoms with Crippen LogP contribution < -0.4 is 5.32 Å². The van der Waals surface area contributed by atoms with E-state index in [2.05, 4.69) is 20.5 Å². The minimum atomic E-state index is -0.278. The fourth-order valence-electron chi connectivity index (χ4n) is 3.15. The molecule has 3 aromatic rings. The lowest BCUT2D eigenvalue weighted by molar-refractivity contribution is 0.366. The number of hydrogen-bond acceptors (Lipinski definition) is 4. The first-order valence-corrected chi connectivity index (χ1v) is 8.13. The van der Waals surface area contributed by atoms with Crippen molar-refractivity contribution in [2.45, 2.75) is 38.9 Å². The number of nitrogens with zero attached hydrogens (tertiary/aromatic N) is 5. The molecule has 1 aliphatic rings. The van der Waals surface area contributed by atoms with Crippen molar-refractivity contribution < 1.29 is 4.39 Å². The van der Waals surface area contributed by atoms with E-state index in [9.17, 15) is 4.39 Å². The van der Waals surface area contributed by atoms with Gasteiger partial charge in [0.05, 0.1) is 11.7 Å². The summed E-state index contributed by atoms with van der Waals surface area (Å²) in [6, 6.07) is 6.85. The Bertz CT molecular complexity index is 852. The Kier molecular flexibility index (Phi) is 3.86. The molecular formula is C17H19FN6. The topological polar surface area (TPSA) is 60.6 Å². The second kappa shape index (κ2) is 6.16. The lowest BCUT2D eigenvalue weighted by atomic mass is 10.1. The molecule has 3 heterocycles. The van der Waals surface area contributed by atoms with Gasteiger partial charge < -0.3 is 5.32 Å². The van der Waals surface area contributed by atoms with E-state index in [1.165, 1.54) is 6.07 Å². The first kappa shape index (κ1) is 15.0. The molecule has 1 N–H and O–H groups in total. The van der Waals surface area contributed by atoms with Gasteiger partial charge in [0.25, 0.3) is 0 Å². The molecule has 1 aromatic carbocycles. The molecule has 0 radical (unpaired) electrons. The van der Waals surface area contributed by atoms with Crippen molar-refractivity contribution in [2.75, 3.05) is 0 Å². The predicted octanol–water partition coefficient (Wildman–Crippen LogP) is 2.54. The van der Waals surface area contributed by atoms with Gasteiger partial charge in [-0.25, -0.2) is 18.7 Å². The van der Waals surface area contributed by atoms with Gasteiger partial charge in [-0.3, -0.25) is 0 Å². The normalized spacial score (nSPS) is 17.0. The van der Waals surface area contributed by atoms with Crippen LogP contribution in [0.2, 0.25) is 0 Å². The number of benzene rings is 1. The zero-order valence-corrected chi connectivity index (χ0v) is 13.5. The third-order valence-corrected chi connectivity index (χ3v) is 4.46. The summed E-state index contributed by atoms with van der Waals surface area (Å²) in [4.78, 5) is 4.36. The van der Waals surface area contributed by atoms with Crippen LogP contribution in [-0.4, -0.2) is 24.5 Å². The summed E-state index contributed by atoms with van der Waals surface area (Å²) >= 11 is 0. The fourth-order valence-corrected chi connectivity index (χ4v) is 3.15. The van der Waals surface area contributed by atoms with Gasteiger partial charge in [-0.05, 0) is 31.9 Å². The lowest BCUT2D eigenvalue weighted by Crippen LogP contribution is -2.28. The average molecular weight is 326 g/mol. The number of fused-ring (bicyclic) bond motifs is 1. The van der Waals surface area contributed by atoms with Gasteiger partial charge >= 0.3 is 0 Å². The maximum absolute atomic E-state index is 13.9. The summed E-state index contributed by atoms with van der Waals surface area (Å²) in [6.45, 7) is 3.54. The summed E-state index contributed by atoms with van der Waals surface area (Å²) in [5.41, 5.74) is 2.40. The number of nitrogens with one attached hydrogen (secondary N) is 1. The first-order valence-electron chi connectivity index (χ1n) is 8.13. The summed E-state index contributed by atoms with van der Waals surface area (Å²) in [7, 11) is 0. The van der Waals surface area contributed by atoms with E-state index >= 15 is 0 Å². The molecule has 0 bridgehead atoms. The summed E-state index contributed by atoms with van der Waals surface area (Å²) < 4.78 is 17.5. The quantitative estimate of drug-likeness (QED) is 0.800. The highest BCUT2D eigenvalue weighted by Gasteiger charge is 2.22. The SMILES string of the molecule is Cc1nn(-c2ccccc2F)cc1CN[C@@H]1CCCn2ncnc21. The molecule has 124 valence electrons. The molecule has 4 rings (SSSR count). The lowest BCUT2D eigenvalue weighted by Gasteiger charge is -2.23. The van der Waals surface area contributed by atoms with Crippen LogP contribution in [0, 0.1) is 12.7 Å². The van der Waals surface area contributed by atoms with Crippen molar-refractivity contribution in [1.29, 1.82) is 0 Å². The molecule has 0 spiro atoms. The number of aromatic nitrogens is 5. The number of aryl methyl sites for hydroxylation is 2. The highest BCUT2D eigenvalue weighted by molar-refractivity contribution is 5.34. The maximum Gasteiger partial charge on any atom is 0.148 e. The zero-order valence-electron chi connectivity index (χ0n) is 13.5. The van der Waals surface area contributed by atoms with Crippen LogP contribution in [0.5, 0.6) is 0 Å². The fraction of sp³-hybridized carbons (Fsp3) is 0.353. The minimum Gasteiger partial charge on any atom is -0.303 e. The Hall–Kier alpha value is -2.54. The highest BCUT2D eigenvalue weighted by Crippen LogP contribution is 2.23. The van der Waals surface area contributed by atoms with E-state index in [0.717, 1.165) is 36.5 Å². The van der Waals surface area contributed by atoms with Gasteiger partial charge in [0.2, 0.25) is 0 Å². The molecule has 24 heavy (non-hydrogen) atoms. The van der Waals surface area contributed by atoms with Gasteiger partial charge in [-0.15, -0.1) is 0 Å². The van der Waals surface area contributed by atoms with E-state index in [-0.39, 0.29) is 11.9 Å². The smallest absolute Gasteiger partial charge is 0.148 e. The second-order valence-corrected chi connectivity index (χ2v) is 6.05. The van der Waals surface area contributed by atoms with Crippen molar-refractivity contribution in [3.8, 4) is 5.69 Å². The molecule has 0 amide bonds. The van der Waals surface area contributed by atoms with E-state index < -0.39 is 0 Å². The van der Waals surface area contributed by atoms with Gasteiger partial charge in [0, 0.05) is 24.8 Å². The Labute approximate surface area is 139 Å². The summed E-state index contributed by atoms with van der Waals surface area (Å²) in [6.07, 6.45) is 5.62. The van der Waals surface area contributed by atoms with Crippen molar-refractivity contribution in [3.05, 3.63) is 59.7 Å². The summed E-state index contributed by atoms with van der Waals surface area (Å²) in [5, 5.41) is 12.2. The molecule has 6 nitrogen and oxygen atoms in total. The number of para-hydroxylation sites is 1. The van der Waals surface area contributed by atoms with Gasteiger partial charge in [-0.1, -0.05) is 12.1 Å². The van der Waals surface area contributed by atoms with Crippen LogP contribution in [-0.2, 0) is 13.1 Å². The summed E-state index contributed by atoms with van der Waals surface area (Å²) in [5.74, 6) is 0.709. The number of halogens is 1. The zero-order chi connectivity index (χ0) is 16.5. The number of hydrogen-bond donors (Lipinski definition) is 1. The third kappa shape index (κ3) is 2.71. The van der Waals surface area contributed by atoms with E-state index in [4.69, 9.17) is 0 Å². The molecular weight excluding hydrogens is 307 g/mol. The highest BCUT2D eigenvalue weighted by atomic mass is 19.1. The first-order chi connectivity index (χ1) is 11.7. The van der Waals surface area contributed by atoms with Crippen LogP contribution in [0.3, 0.4) is 0 Å². The molecule has 7 heteroatoms. The maximum atomic E-state index is 13.9. The minimum absolute atomic E-state index is 0.192. The van der Waals surface area contributed by atoms with Crippen LogP contribution in [0.15, 0.2) is 36.8 Å². The molecule has 0 fully saturated rings. The predicted molar refractivity (Wildman–Crippen MR) is 87.1 cm³/mol. The van der Waals surface area contributed by atoms with E-state index in [0.29, 0.717) is 12.2 Å². The van der Waals surface area contributed by atoms with Crippen LogP contribution in [0.1, 0.15) is 36.0 Å². The largest absolute Gasteiger partial charge is 0.303 e.